The van der Waals surface area contributed by atoms with Gasteiger partial charge in [-0.25, -0.2) is 4.79 Å². The van der Waals surface area contributed by atoms with Crippen LogP contribution in [0.3, 0.4) is 0 Å². The van der Waals surface area contributed by atoms with E-state index in [4.69, 9.17) is 10.2 Å². The Balaban J connectivity index is 4.25. The minimum Gasteiger partial charge on any atom is -0.477 e. The molecule has 0 aliphatic rings. The zero-order chi connectivity index (χ0) is 9.94. The maximum absolute atomic E-state index is 12.5. The first-order chi connectivity index (χ1) is 5.28. The fourth-order valence-corrected chi connectivity index (χ4v) is 0.737. The van der Waals surface area contributed by atoms with Crippen LogP contribution in [0, 0.1) is 5.92 Å². The van der Waals surface area contributed by atoms with E-state index < -0.39 is 18.0 Å². The zero-order valence-electron chi connectivity index (χ0n) is 6.92. The minimum atomic E-state index is -4.04. The summed E-state index contributed by atoms with van der Waals surface area (Å²) in [4.78, 5) is 9.93. The molecule has 2 N–H and O–H groups in total. The van der Waals surface area contributed by atoms with Gasteiger partial charge in [0.05, 0.1) is 0 Å². The average molecular weight is 182 g/mol. The molecule has 0 rings (SSSR count). The molecule has 5 heteroatoms. The van der Waals surface area contributed by atoms with Crippen molar-refractivity contribution in [2.24, 2.45) is 5.92 Å². The maximum atomic E-state index is 12.5. The van der Waals surface area contributed by atoms with E-state index in [0.29, 0.717) is 0 Å². The Morgan fingerprint density at radius 2 is 1.92 bits per heavy atom. The first kappa shape index (κ1) is 11.3. The number of aliphatic hydroxyl groups excluding tert-OH is 1. The van der Waals surface area contributed by atoms with Gasteiger partial charge in [0.25, 0.3) is 0 Å². The second kappa shape index (κ2) is 3.80. The van der Waals surface area contributed by atoms with Gasteiger partial charge >= 0.3 is 11.9 Å². The Morgan fingerprint density at radius 3 is 2.17 bits per heavy atom. The number of hydrogen-bond acceptors (Lipinski definition) is 2. The second-order valence-electron chi connectivity index (χ2n) is 3.07. The summed E-state index contributed by atoms with van der Waals surface area (Å²) in [7, 11) is 0. The summed E-state index contributed by atoms with van der Waals surface area (Å²) < 4.78 is 24.9. The van der Waals surface area contributed by atoms with Gasteiger partial charge in [0.15, 0.2) is 0 Å². The van der Waals surface area contributed by atoms with Gasteiger partial charge in [-0.15, -0.1) is 0 Å². The van der Waals surface area contributed by atoms with E-state index in [9.17, 15) is 13.6 Å². The highest BCUT2D eigenvalue weighted by Crippen LogP contribution is 2.23. The maximum Gasteiger partial charge on any atom is 0.377 e. The van der Waals surface area contributed by atoms with E-state index in [2.05, 4.69) is 0 Å². The van der Waals surface area contributed by atoms with Crippen molar-refractivity contribution in [2.45, 2.75) is 32.3 Å². The Hall–Kier alpha value is -0.710. The van der Waals surface area contributed by atoms with Crippen LogP contribution in [0.1, 0.15) is 20.3 Å². The van der Waals surface area contributed by atoms with Gasteiger partial charge in [0.2, 0.25) is 0 Å². The normalized spacial score (nSPS) is 14.8. The molecule has 0 spiro atoms. The molecule has 0 fully saturated rings. The highest BCUT2D eigenvalue weighted by Gasteiger charge is 2.46. The number of hydrogen-bond donors (Lipinski definition) is 2. The van der Waals surface area contributed by atoms with Crippen molar-refractivity contribution in [3.8, 4) is 0 Å². The fraction of sp³-hybridized carbons (Fsp3) is 0.857. The third-order valence-corrected chi connectivity index (χ3v) is 1.40. The number of rotatable bonds is 4. The van der Waals surface area contributed by atoms with E-state index in [1.54, 1.807) is 13.8 Å². The van der Waals surface area contributed by atoms with Crippen LogP contribution in [0.25, 0.3) is 0 Å². The number of halogens is 2. The van der Waals surface area contributed by atoms with Gasteiger partial charge in [-0.3, -0.25) is 0 Å². The summed E-state index contributed by atoms with van der Waals surface area (Å²) in [5.41, 5.74) is 0. The van der Waals surface area contributed by atoms with Gasteiger partial charge in [-0.1, -0.05) is 13.8 Å². The van der Waals surface area contributed by atoms with Crippen LogP contribution in [0.4, 0.5) is 8.78 Å². The lowest BCUT2D eigenvalue weighted by Crippen LogP contribution is -2.41. The second-order valence-corrected chi connectivity index (χ2v) is 3.07. The van der Waals surface area contributed by atoms with E-state index in [-0.39, 0.29) is 12.3 Å². The Kier molecular flexibility index (Phi) is 3.57. The van der Waals surface area contributed by atoms with Crippen LogP contribution in [-0.4, -0.2) is 28.2 Å². The average Bonchev–Trinajstić information content (AvgIpc) is 1.85. The lowest BCUT2D eigenvalue weighted by molar-refractivity contribution is -0.183. The Bertz CT molecular complexity index is 168. The highest BCUT2D eigenvalue weighted by atomic mass is 19.3. The zero-order valence-corrected chi connectivity index (χ0v) is 6.92. The lowest BCUT2D eigenvalue weighted by Gasteiger charge is -2.19. The molecule has 0 saturated heterocycles. The van der Waals surface area contributed by atoms with E-state index in [0.717, 1.165) is 0 Å². The molecule has 0 aromatic carbocycles. The molecule has 0 heterocycles. The standard InChI is InChI=1S/C7H12F2O3/c1-4(2)3-5(10)7(8,9)6(11)12/h4-5,10H,3H2,1-2H3,(H,11,12). The predicted octanol–water partition coefficient (Wildman–Crippen LogP) is 1.11. The fourth-order valence-electron chi connectivity index (χ4n) is 0.737. The van der Waals surface area contributed by atoms with Gasteiger partial charge in [-0.05, 0) is 12.3 Å². The van der Waals surface area contributed by atoms with Crippen molar-refractivity contribution >= 4 is 5.97 Å². The molecule has 0 saturated carbocycles. The van der Waals surface area contributed by atoms with Crippen molar-refractivity contribution in [3.63, 3.8) is 0 Å². The molecule has 0 radical (unpaired) electrons. The van der Waals surface area contributed by atoms with Crippen molar-refractivity contribution < 1.29 is 23.8 Å². The van der Waals surface area contributed by atoms with Crippen LogP contribution in [0.2, 0.25) is 0 Å². The Morgan fingerprint density at radius 1 is 1.50 bits per heavy atom. The molecule has 0 aromatic heterocycles. The number of alkyl halides is 2. The molecular formula is C7H12F2O3. The lowest BCUT2D eigenvalue weighted by atomic mass is 10.0. The molecule has 1 unspecified atom stereocenters. The topological polar surface area (TPSA) is 57.5 Å². The van der Waals surface area contributed by atoms with Gasteiger partial charge in [0, 0.05) is 0 Å². The van der Waals surface area contributed by atoms with Crippen molar-refractivity contribution in [2.75, 3.05) is 0 Å². The SMILES string of the molecule is CC(C)CC(O)C(F)(F)C(=O)O. The van der Waals surface area contributed by atoms with Gasteiger partial charge in [0.1, 0.15) is 6.10 Å². The number of aliphatic carboxylic acids is 1. The summed E-state index contributed by atoms with van der Waals surface area (Å²) in [6.07, 6.45) is -2.32. The summed E-state index contributed by atoms with van der Waals surface area (Å²) in [5, 5.41) is 16.8. The van der Waals surface area contributed by atoms with Crippen molar-refractivity contribution in [3.05, 3.63) is 0 Å². The van der Waals surface area contributed by atoms with Crippen LogP contribution in [0.15, 0.2) is 0 Å². The molecule has 0 aliphatic carbocycles. The van der Waals surface area contributed by atoms with E-state index in [1.165, 1.54) is 0 Å². The molecule has 3 nitrogen and oxygen atoms in total. The molecule has 0 aliphatic heterocycles. The highest BCUT2D eigenvalue weighted by molar-refractivity contribution is 5.76. The minimum absolute atomic E-state index is 0.162. The molecule has 12 heavy (non-hydrogen) atoms. The predicted molar refractivity (Wildman–Crippen MR) is 38.0 cm³/mol. The summed E-state index contributed by atoms with van der Waals surface area (Å²) in [5.74, 6) is -6.48. The van der Waals surface area contributed by atoms with Crippen LogP contribution in [0.5, 0.6) is 0 Å². The number of carboxylic acid groups (broad SMARTS) is 1. The third-order valence-electron chi connectivity index (χ3n) is 1.40. The summed E-state index contributed by atoms with van der Waals surface area (Å²) in [6.45, 7) is 3.25. The van der Waals surface area contributed by atoms with Gasteiger partial charge < -0.3 is 10.2 Å². The Labute approximate surface area is 69.0 Å². The van der Waals surface area contributed by atoms with E-state index >= 15 is 0 Å². The smallest absolute Gasteiger partial charge is 0.377 e. The first-order valence-corrected chi connectivity index (χ1v) is 3.57. The first-order valence-electron chi connectivity index (χ1n) is 3.57. The monoisotopic (exact) mass is 182 g/mol. The number of aliphatic hydroxyl groups is 1. The number of carboxylic acids is 1. The quantitative estimate of drug-likeness (QED) is 0.684. The molecular weight excluding hydrogens is 170 g/mol. The number of carbonyl (C=O) groups is 1. The molecule has 0 amide bonds. The molecule has 0 aromatic rings. The molecule has 72 valence electrons. The largest absolute Gasteiger partial charge is 0.477 e. The molecule has 0 bridgehead atoms. The molecule has 1 atom stereocenters. The van der Waals surface area contributed by atoms with Crippen LogP contribution < -0.4 is 0 Å². The van der Waals surface area contributed by atoms with Crippen molar-refractivity contribution in [1.29, 1.82) is 0 Å². The summed E-state index contributed by atoms with van der Waals surface area (Å²) in [6, 6.07) is 0. The van der Waals surface area contributed by atoms with Crippen LogP contribution >= 0.6 is 0 Å². The summed E-state index contributed by atoms with van der Waals surface area (Å²) >= 11 is 0. The van der Waals surface area contributed by atoms with E-state index in [1.807, 2.05) is 0 Å². The van der Waals surface area contributed by atoms with Crippen LogP contribution in [-0.2, 0) is 4.79 Å². The van der Waals surface area contributed by atoms with Gasteiger partial charge in [-0.2, -0.15) is 8.78 Å². The van der Waals surface area contributed by atoms with Crippen molar-refractivity contribution in [1.82, 2.24) is 0 Å². The third kappa shape index (κ3) is 2.73.